The smallest absolute Gasteiger partial charge is 0.240 e. The van der Waals surface area contributed by atoms with Crippen LogP contribution in [0, 0.1) is 17.7 Å². The molecule has 0 aromatic heterocycles. The molecule has 2 amide bonds. The van der Waals surface area contributed by atoms with Gasteiger partial charge in [-0.2, -0.15) is 0 Å². The van der Waals surface area contributed by atoms with Crippen molar-refractivity contribution in [2.45, 2.75) is 12.1 Å². The first-order valence-electron chi connectivity index (χ1n) is 11.0. The second-order valence-electron chi connectivity index (χ2n) is 8.81. The van der Waals surface area contributed by atoms with Crippen molar-refractivity contribution in [1.82, 2.24) is 4.90 Å². The zero-order chi connectivity index (χ0) is 24.4. The molecule has 2 saturated heterocycles. The molecule has 0 radical (unpaired) electrons. The van der Waals surface area contributed by atoms with Crippen LogP contribution in [-0.2, 0) is 9.59 Å². The van der Waals surface area contributed by atoms with Crippen LogP contribution in [0.4, 0.5) is 10.1 Å². The van der Waals surface area contributed by atoms with Crippen molar-refractivity contribution in [2.75, 3.05) is 4.90 Å². The number of anilines is 1. The highest BCUT2D eigenvalue weighted by Gasteiger charge is 2.64. The summed E-state index contributed by atoms with van der Waals surface area (Å²) in [4.78, 5) is 44.3. The molecule has 5 nitrogen and oxygen atoms in total. The van der Waals surface area contributed by atoms with Gasteiger partial charge in [0.1, 0.15) is 11.9 Å². The Labute approximate surface area is 210 Å². The van der Waals surface area contributed by atoms with E-state index in [-0.39, 0.29) is 22.1 Å². The molecule has 35 heavy (non-hydrogen) atoms. The molecular formula is C27H17Cl2FN2O3. The Morgan fingerprint density at radius 3 is 2.34 bits per heavy atom. The number of fused-ring (bicyclic) bond motifs is 5. The van der Waals surface area contributed by atoms with E-state index in [1.54, 1.807) is 12.3 Å². The van der Waals surface area contributed by atoms with Gasteiger partial charge in [0.2, 0.25) is 11.8 Å². The molecule has 0 bridgehead atoms. The summed E-state index contributed by atoms with van der Waals surface area (Å²) in [6, 6.07) is 15.9. The first-order valence-corrected chi connectivity index (χ1v) is 11.8. The standard InChI is InChI=1S/C27H17Cl2FN2O3/c28-15-5-10-19(20(29)13-15)25(33)24-22-21(23-18-4-2-1-3-14(18)11-12-31(23)24)26(34)32(27(22)35)17-8-6-16(30)7-9-17/h1-13,21-24H. The van der Waals surface area contributed by atoms with Gasteiger partial charge in [-0.3, -0.25) is 14.4 Å². The maximum Gasteiger partial charge on any atom is 0.240 e. The summed E-state index contributed by atoms with van der Waals surface area (Å²) in [7, 11) is 0. The topological polar surface area (TPSA) is 57.7 Å². The lowest BCUT2D eigenvalue weighted by Gasteiger charge is -2.35. The van der Waals surface area contributed by atoms with Gasteiger partial charge in [0.05, 0.1) is 28.6 Å². The van der Waals surface area contributed by atoms with E-state index in [0.29, 0.717) is 5.02 Å². The van der Waals surface area contributed by atoms with Gasteiger partial charge in [-0.15, -0.1) is 0 Å². The average molecular weight is 507 g/mol. The fourth-order valence-corrected chi connectivity index (χ4v) is 6.05. The van der Waals surface area contributed by atoms with E-state index in [1.165, 1.54) is 36.4 Å². The molecule has 0 spiro atoms. The Kier molecular flexibility index (Phi) is 5.06. The van der Waals surface area contributed by atoms with Crippen molar-refractivity contribution in [1.29, 1.82) is 0 Å². The molecule has 0 aliphatic carbocycles. The normalized spacial score (nSPS) is 24.4. The van der Waals surface area contributed by atoms with Crippen LogP contribution >= 0.6 is 23.2 Å². The number of rotatable bonds is 3. The lowest BCUT2D eigenvalue weighted by Crippen LogP contribution is -2.44. The highest BCUT2D eigenvalue weighted by molar-refractivity contribution is 6.37. The van der Waals surface area contributed by atoms with Crippen molar-refractivity contribution < 1.29 is 18.8 Å². The highest BCUT2D eigenvalue weighted by Crippen LogP contribution is 2.53. The molecule has 0 saturated carbocycles. The van der Waals surface area contributed by atoms with Crippen LogP contribution in [0.15, 0.2) is 72.9 Å². The minimum atomic E-state index is -0.949. The van der Waals surface area contributed by atoms with Gasteiger partial charge < -0.3 is 4.90 Å². The fourth-order valence-electron chi connectivity index (χ4n) is 5.55. The molecule has 4 unspecified atom stereocenters. The summed E-state index contributed by atoms with van der Waals surface area (Å²) in [5.74, 6) is -3.47. The molecule has 3 aromatic carbocycles. The first-order chi connectivity index (χ1) is 16.9. The Balaban J connectivity index is 1.50. The Morgan fingerprint density at radius 1 is 0.886 bits per heavy atom. The third kappa shape index (κ3) is 3.24. The Hall–Kier alpha value is -3.48. The van der Waals surface area contributed by atoms with E-state index < -0.39 is 41.6 Å². The van der Waals surface area contributed by atoms with Crippen molar-refractivity contribution in [3.63, 3.8) is 0 Å². The van der Waals surface area contributed by atoms with Gasteiger partial charge in [-0.1, -0.05) is 47.5 Å². The number of amides is 2. The second kappa shape index (κ2) is 8.04. The fraction of sp³-hybridized carbons (Fsp3) is 0.148. The van der Waals surface area contributed by atoms with E-state index in [2.05, 4.69) is 0 Å². The van der Waals surface area contributed by atoms with Crippen molar-refractivity contribution >= 4 is 52.6 Å². The quantitative estimate of drug-likeness (QED) is 0.346. The number of imide groups is 1. The summed E-state index contributed by atoms with van der Waals surface area (Å²) in [6.45, 7) is 0. The molecule has 2 fully saturated rings. The number of Topliss-reactive ketones (excluding diaryl/α,β-unsaturated/α-hetero) is 1. The maximum atomic E-state index is 13.9. The van der Waals surface area contributed by atoms with E-state index in [1.807, 2.05) is 35.2 Å². The van der Waals surface area contributed by atoms with Crippen LogP contribution in [0.5, 0.6) is 0 Å². The minimum absolute atomic E-state index is 0.177. The SMILES string of the molecule is O=C(c1ccc(Cl)cc1Cl)C1C2C(=O)N(c3ccc(F)cc3)C(=O)C2C2c3ccccc3C=CN12. The molecule has 3 aliphatic heterocycles. The predicted octanol–water partition coefficient (Wildman–Crippen LogP) is 5.53. The van der Waals surface area contributed by atoms with Gasteiger partial charge in [0.25, 0.3) is 0 Å². The average Bonchev–Trinajstić information content (AvgIpc) is 3.32. The number of carbonyl (C=O) groups excluding carboxylic acids is 3. The van der Waals surface area contributed by atoms with Crippen LogP contribution < -0.4 is 4.90 Å². The van der Waals surface area contributed by atoms with Crippen molar-refractivity contribution in [2.24, 2.45) is 11.8 Å². The summed E-state index contributed by atoms with van der Waals surface area (Å²) >= 11 is 12.4. The van der Waals surface area contributed by atoms with E-state index in [9.17, 15) is 18.8 Å². The number of benzene rings is 3. The molecule has 0 N–H and O–H groups in total. The number of carbonyl (C=O) groups is 3. The van der Waals surface area contributed by atoms with Crippen LogP contribution in [0.2, 0.25) is 10.0 Å². The molecule has 3 aromatic rings. The van der Waals surface area contributed by atoms with E-state index in [0.717, 1.165) is 16.0 Å². The van der Waals surface area contributed by atoms with E-state index in [4.69, 9.17) is 23.2 Å². The zero-order valence-corrected chi connectivity index (χ0v) is 19.6. The summed E-state index contributed by atoms with van der Waals surface area (Å²) in [6.07, 6.45) is 3.66. The van der Waals surface area contributed by atoms with Gasteiger partial charge in [-0.25, -0.2) is 9.29 Å². The minimum Gasteiger partial charge on any atom is -0.358 e. The molecule has 3 aliphatic rings. The number of ketones is 1. The Bertz CT molecular complexity index is 1440. The molecule has 8 heteroatoms. The molecule has 3 heterocycles. The first kappa shape index (κ1) is 22.0. The number of halogens is 3. The summed E-state index contributed by atoms with van der Waals surface area (Å²) in [5, 5.41) is 0.561. The second-order valence-corrected chi connectivity index (χ2v) is 9.65. The number of hydrogen-bond acceptors (Lipinski definition) is 4. The maximum absolute atomic E-state index is 13.9. The molecule has 6 rings (SSSR count). The van der Waals surface area contributed by atoms with Gasteiger partial charge in [0.15, 0.2) is 5.78 Å². The van der Waals surface area contributed by atoms with Crippen molar-refractivity contribution in [3.05, 3.63) is 105 Å². The van der Waals surface area contributed by atoms with Crippen molar-refractivity contribution in [3.8, 4) is 0 Å². The number of nitrogens with zero attached hydrogens (tertiary/aromatic N) is 2. The van der Waals surface area contributed by atoms with Crippen LogP contribution in [0.25, 0.3) is 6.08 Å². The zero-order valence-electron chi connectivity index (χ0n) is 18.1. The van der Waals surface area contributed by atoms with Gasteiger partial charge in [-0.05, 0) is 59.7 Å². The lowest BCUT2D eigenvalue weighted by atomic mass is 9.83. The van der Waals surface area contributed by atoms with Gasteiger partial charge in [0, 0.05) is 16.8 Å². The highest BCUT2D eigenvalue weighted by atomic mass is 35.5. The van der Waals surface area contributed by atoms with Crippen LogP contribution in [0.1, 0.15) is 27.5 Å². The third-order valence-electron chi connectivity index (χ3n) is 7.01. The summed E-state index contributed by atoms with van der Waals surface area (Å²) in [5.41, 5.74) is 2.29. The third-order valence-corrected chi connectivity index (χ3v) is 7.56. The molecular weight excluding hydrogens is 490 g/mol. The predicted molar refractivity (Wildman–Crippen MR) is 131 cm³/mol. The Morgan fingerprint density at radius 2 is 1.60 bits per heavy atom. The summed E-state index contributed by atoms with van der Waals surface area (Å²) < 4.78 is 13.5. The van der Waals surface area contributed by atoms with E-state index >= 15 is 0 Å². The lowest BCUT2D eigenvalue weighted by molar-refractivity contribution is -0.123. The molecule has 174 valence electrons. The number of hydrogen-bond donors (Lipinski definition) is 0. The van der Waals surface area contributed by atoms with Crippen LogP contribution in [-0.4, -0.2) is 28.5 Å². The molecule has 4 atom stereocenters. The van der Waals surface area contributed by atoms with Gasteiger partial charge >= 0.3 is 0 Å². The monoisotopic (exact) mass is 506 g/mol. The van der Waals surface area contributed by atoms with Crippen LogP contribution in [0.3, 0.4) is 0 Å². The largest absolute Gasteiger partial charge is 0.358 e.